The second-order valence-electron chi connectivity index (χ2n) is 5.78. The van der Waals surface area contributed by atoms with E-state index in [-0.39, 0.29) is 0 Å². The minimum Gasteiger partial charge on any atom is -0.375 e. The Morgan fingerprint density at radius 1 is 1.53 bits per heavy atom. The largest absolute Gasteiger partial charge is 0.375 e. The Morgan fingerprint density at radius 2 is 2.32 bits per heavy atom. The molecule has 1 fully saturated rings. The van der Waals surface area contributed by atoms with Crippen LogP contribution in [0.5, 0.6) is 0 Å². The van der Waals surface area contributed by atoms with E-state index in [4.69, 9.17) is 4.74 Å². The summed E-state index contributed by atoms with van der Waals surface area (Å²) in [4.78, 5) is 8.24. The lowest BCUT2D eigenvalue weighted by molar-refractivity contribution is 0.0343. The first kappa shape index (κ1) is 14.8. The first-order chi connectivity index (χ1) is 9.06. The maximum Gasteiger partial charge on any atom is 0.185 e. The maximum absolute atomic E-state index is 5.66. The Morgan fingerprint density at radius 3 is 3.05 bits per heavy atom. The normalized spacial score (nSPS) is 24.2. The molecule has 1 aromatic rings. The number of aromatic nitrogens is 1. The van der Waals surface area contributed by atoms with Crippen LogP contribution in [-0.4, -0.2) is 36.8 Å². The molecule has 0 aliphatic carbocycles. The van der Waals surface area contributed by atoms with Crippen LogP contribution in [0.3, 0.4) is 0 Å². The predicted octanol–water partition coefficient (Wildman–Crippen LogP) is 2.50. The lowest BCUT2D eigenvalue weighted by Gasteiger charge is -2.36. The zero-order valence-electron chi connectivity index (χ0n) is 12.3. The first-order valence-electron chi connectivity index (χ1n) is 7.10. The smallest absolute Gasteiger partial charge is 0.185 e. The second kappa shape index (κ2) is 6.68. The Balaban J connectivity index is 1.92. The summed E-state index contributed by atoms with van der Waals surface area (Å²) in [5, 5.41) is 4.59. The van der Waals surface area contributed by atoms with Crippen LogP contribution >= 0.6 is 11.3 Å². The monoisotopic (exact) mass is 283 g/mol. The zero-order chi connectivity index (χ0) is 13.8. The fourth-order valence-corrected chi connectivity index (χ4v) is 3.16. The topological polar surface area (TPSA) is 37.4 Å². The third-order valence-electron chi connectivity index (χ3n) is 3.25. The summed E-state index contributed by atoms with van der Waals surface area (Å²) in [6, 6.07) is 0.416. The molecule has 4 nitrogen and oxygen atoms in total. The number of nitrogens with zero attached hydrogens (tertiary/aromatic N) is 2. The van der Waals surface area contributed by atoms with Gasteiger partial charge in [-0.25, -0.2) is 4.98 Å². The summed E-state index contributed by atoms with van der Waals surface area (Å²) in [7, 11) is 0. The van der Waals surface area contributed by atoms with Gasteiger partial charge in [0.15, 0.2) is 5.13 Å². The molecule has 0 amide bonds. The molecule has 1 saturated heterocycles. The SMILES string of the molecule is CC(C)CNCc1cnc(N2CC(C)OCC2C)s1. The van der Waals surface area contributed by atoms with Crippen molar-refractivity contribution in [2.24, 2.45) is 5.92 Å². The van der Waals surface area contributed by atoms with E-state index in [1.165, 1.54) is 4.88 Å². The van der Waals surface area contributed by atoms with E-state index in [1.807, 2.05) is 6.20 Å². The van der Waals surface area contributed by atoms with E-state index in [0.29, 0.717) is 18.1 Å². The molecule has 1 N–H and O–H groups in total. The molecule has 2 unspecified atom stereocenters. The van der Waals surface area contributed by atoms with Crippen LogP contribution < -0.4 is 10.2 Å². The molecule has 0 saturated carbocycles. The highest BCUT2D eigenvalue weighted by Gasteiger charge is 2.25. The first-order valence-corrected chi connectivity index (χ1v) is 7.91. The predicted molar refractivity (Wildman–Crippen MR) is 80.9 cm³/mol. The van der Waals surface area contributed by atoms with Crippen LogP contribution in [0.2, 0.25) is 0 Å². The molecule has 2 rings (SSSR count). The minimum atomic E-state index is 0.294. The Labute approximate surface area is 120 Å². The van der Waals surface area contributed by atoms with Gasteiger partial charge in [0.1, 0.15) is 0 Å². The molecule has 1 aliphatic heterocycles. The molecule has 108 valence electrons. The van der Waals surface area contributed by atoms with Gasteiger partial charge in [0, 0.05) is 24.2 Å². The highest BCUT2D eigenvalue weighted by Crippen LogP contribution is 2.26. The molecule has 1 aromatic heterocycles. The standard InChI is InChI=1S/C14H25N3OS/c1-10(2)5-15-6-13-7-16-14(19-13)17-8-12(4)18-9-11(17)3/h7,10-12,15H,5-6,8-9H2,1-4H3. The lowest BCUT2D eigenvalue weighted by Crippen LogP contribution is -2.47. The number of anilines is 1. The van der Waals surface area contributed by atoms with Crippen molar-refractivity contribution in [3.8, 4) is 0 Å². The van der Waals surface area contributed by atoms with Crippen LogP contribution in [0.25, 0.3) is 0 Å². The summed E-state index contributed by atoms with van der Waals surface area (Å²) in [5.74, 6) is 0.688. The Kier molecular flexibility index (Phi) is 5.19. The Hall–Kier alpha value is -0.650. The zero-order valence-corrected chi connectivity index (χ0v) is 13.2. The summed E-state index contributed by atoms with van der Waals surface area (Å²) < 4.78 is 5.66. The molecule has 0 bridgehead atoms. The van der Waals surface area contributed by atoms with E-state index in [9.17, 15) is 0 Å². The van der Waals surface area contributed by atoms with Crippen LogP contribution in [-0.2, 0) is 11.3 Å². The summed E-state index contributed by atoms with van der Waals surface area (Å²) in [6.45, 7) is 12.5. The van der Waals surface area contributed by atoms with Crippen LogP contribution in [0.1, 0.15) is 32.6 Å². The van der Waals surface area contributed by atoms with Gasteiger partial charge in [-0.3, -0.25) is 0 Å². The van der Waals surface area contributed by atoms with E-state index in [2.05, 4.69) is 42.9 Å². The van der Waals surface area contributed by atoms with Crippen LogP contribution in [0.4, 0.5) is 5.13 Å². The third kappa shape index (κ3) is 4.16. The molecule has 2 atom stereocenters. The van der Waals surface area contributed by atoms with Crippen molar-refractivity contribution in [1.29, 1.82) is 0 Å². The number of rotatable bonds is 5. The number of thiazole rings is 1. The molecule has 0 spiro atoms. The number of hydrogen-bond donors (Lipinski definition) is 1. The molecule has 5 heteroatoms. The van der Waals surface area contributed by atoms with Gasteiger partial charge < -0.3 is 15.0 Å². The van der Waals surface area contributed by atoms with Gasteiger partial charge in [-0.1, -0.05) is 13.8 Å². The summed E-state index contributed by atoms with van der Waals surface area (Å²) >= 11 is 1.79. The van der Waals surface area contributed by atoms with E-state index in [0.717, 1.165) is 31.4 Å². The highest BCUT2D eigenvalue weighted by molar-refractivity contribution is 7.15. The van der Waals surface area contributed by atoms with Gasteiger partial charge in [-0.15, -0.1) is 11.3 Å². The van der Waals surface area contributed by atoms with Crippen LogP contribution in [0.15, 0.2) is 6.20 Å². The van der Waals surface area contributed by atoms with Gasteiger partial charge in [0.25, 0.3) is 0 Å². The van der Waals surface area contributed by atoms with Gasteiger partial charge >= 0.3 is 0 Å². The average molecular weight is 283 g/mol. The van der Waals surface area contributed by atoms with Crippen molar-refractivity contribution < 1.29 is 4.74 Å². The van der Waals surface area contributed by atoms with Crippen LogP contribution in [0, 0.1) is 5.92 Å². The molecular weight excluding hydrogens is 258 g/mol. The third-order valence-corrected chi connectivity index (χ3v) is 4.28. The fraction of sp³-hybridized carbons (Fsp3) is 0.786. The van der Waals surface area contributed by atoms with E-state index < -0.39 is 0 Å². The van der Waals surface area contributed by atoms with E-state index in [1.54, 1.807) is 11.3 Å². The molecule has 2 heterocycles. The number of morpholine rings is 1. The van der Waals surface area contributed by atoms with Gasteiger partial charge in [0.2, 0.25) is 0 Å². The van der Waals surface area contributed by atoms with Crippen molar-refractivity contribution >= 4 is 16.5 Å². The van der Waals surface area contributed by atoms with Crippen molar-refractivity contribution in [2.75, 3.05) is 24.6 Å². The second-order valence-corrected chi connectivity index (χ2v) is 6.87. The Bertz CT molecular complexity index is 394. The van der Waals surface area contributed by atoms with Gasteiger partial charge in [0.05, 0.1) is 18.8 Å². The lowest BCUT2D eigenvalue weighted by atomic mass is 10.2. The maximum atomic E-state index is 5.66. The van der Waals surface area contributed by atoms with Crippen molar-refractivity contribution in [3.63, 3.8) is 0 Å². The summed E-state index contributed by atoms with van der Waals surface area (Å²) in [6.07, 6.45) is 2.29. The summed E-state index contributed by atoms with van der Waals surface area (Å²) in [5.41, 5.74) is 0. The fourth-order valence-electron chi connectivity index (χ4n) is 2.17. The molecule has 19 heavy (non-hydrogen) atoms. The molecule has 0 radical (unpaired) electrons. The van der Waals surface area contributed by atoms with Crippen molar-refractivity contribution in [2.45, 2.75) is 46.4 Å². The number of nitrogens with one attached hydrogen (secondary N) is 1. The number of ether oxygens (including phenoxy) is 1. The van der Waals surface area contributed by atoms with E-state index >= 15 is 0 Å². The molecule has 0 aromatic carbocycles. The number of hydrogen-bond acceptors (Lipinski definition) is 5. The van der Waals surface area contributed by atoms with Crippen molar-refractivity contribution in [3.05, 3.63) is 11.1 Å². The van der Waals surface area contributed by atoms with Gasteiger partial charge in [-0.05, 0) is 26.3 Å². The molecular formula is C14H25N3OS. The quantitative estimate of drug-likeness (QED) is 0.901. The molecule has 1 aliphatic rings. The highest BCUT2D eigenvalue weighted by atomic mass is 32.1. The minimum absolute atomic E-state index is 0.294. The van der Waals surface area contributed by atoms with Gasteiger partial charge in [-0.2, -0.15) is 0 Å². The average Bonchev–Trinajstić information content (AvgIpc) is 2.80. The van der Waals surface area contributed by atoms with Crippen molar-refractivity contribution in [1.82, 2.24) is 10.3 Å².